The molecule has 0 rings (SSSR count). The minimum absolute atomic E-state index is 0.117. The van der Waals surface area contributed by atoms with Crippen LogP contribution in [0.25, 0.3) is 0 Å². The minimum atomic E-state index is -0.649. The Labute approximate surface area is 276 Å². The number of unbranched alkanes of at least 4 members (excludes halogenated alkanes) is 31. The number of carbonyl (C=O) groups excluding carboxylic acids is 1. The van der Waals surface area contributed by atoms with E-state index in [1.54, 1.807) is 6.92 Å². The van der Waals surface area contributed by atoms with Crippen molar-refractivity contribution in [2.24, 2.45) is 0 Å². The number of hydrogen-bond donors (Lipinski definition) is 3. The fourth-order valence-corrected chi connectivity index (χ4v) is 6.50. The summed E-state index contributed by atoms with van der Waals surface area (Å²) in [7, 11) is 0. The van der Waals surface area contributed by atoms with E-state index < -0.39 is 12.1 Å². The molecule has 0 heterocycles. The van der Waals surface area contributed by atoms with Crippen molar-refractivity contribution in [3.05, 3.63) is 0 Å². The third-order valence-corrected chi connectivity index (χ3v) is 9.68. The van der Waals surface area contributed by atoms with Crippen LogP contribution in [0.2, 0.25) is 0 Å². The lowest BCUT2D eigenvalue weighted by Gasteiger charge is -2.22. The lowest BCUT2D eigenvalue weighted by atomic mass is 10.0. The molecule has 2 unspecified atom stereocenters. The Balaban J connectivity index is 3.18. The first-order valence-corrected chi connectivity index (χ1v) is 20.2. The van der Waals surface area contributed by atoms with Gasteiger partial charge in [0.25, 0.3) is 0 Å². The van der Waals surface area contributed by atoms with E-state index in [9.17, 15) is 15.0 Å². The molecule has 0 saturated carbocycles. The van der Waals surface area contributed by atoms with E-state index in [4.69, 9.17) is 0 Å². The number of nitrogens with one attached hydrogen (secondary N) is 1. The van der Waals surface area contributed by atoms with Gasteiger partial charge in [-0.3, -0.25) is 4.79 Å². The Kier molecular flexibility index (Phi) is 36.3. The van der Waals surface area contributed by atoms with E-state index in [2.05, 4.69) is 12.2 Å². The monoisotopic (exact) mass is 624 g/mol. The predicted octanol–water partition coefficient (Wildman–Crippen LogP) is 12.1. The molecule has 0 saturated heterocycles. The van der Waals surface area contributed by atoms with E-state index in [0.717, 1.165) is 12.8 Å². The summed E-state index contributed by atoms with van der Waals surface area (Å²) in [5.41, 5.74) is 0. The fourth-order valence-electron chi connectivity index (χ4n) is 6.50. The number of carbonyl (C=O) groups is 1. The van der Waals surface area contributed by atoms with Gasteiger partial charge in [-0.15, -0.1) is 0 Å². The fraction of sp³-hybridized carbons (Fsp3) is 0.975. The normalized spacial score (nSPS) is 12.9. The van der Waals surface area contributed by atoms with Gasteiger partial charge in [0.15, 0.2) is 0 Å². The zero-order valence-electron chi connectivity index (χ0n) is 30.2. The highest BCUT2D eigenvalue weighted by Gasteiger charge is 2.19. The van der Waals surface area contributed by atoms with Gasteiger partial charge in [-0.2, -0.15) is 0 Å². The van der Waals surface area contributed by atoms with Crippen molar-refractivity contribution < 1.29 is 15.0 Å². The highest BCUT2D eigenvalue weighted by molar-refractivity contribution is 5.75. The third kappa shape index (κ3) is 32.8. The lowest BCUT2D eigenvalue weighted by Crippen LogP contribution is -2.45. The summed E-state index contributed by atoms with van der Waals surface area (Å²) in [4.78, 5) is 11.5. The van der Waals surface area contributed by atoms with Crippen molar-refractivity contribution in [2.75, 3.05) is 6.61 Å². The standard InChI is InChI=1S/C40H81NO3/c1-3-5-6-7-8-9-10-11-12-13-14-15-16-17-18-19-20-21-22-23-24-25-26-27-28-29-30-31-32-33-34-35-36-39(43)38(37-42)41-40(44)4-2/h38-39,42-43H,3-37H2,1-2H3,(H,41,44). The van der Waals surface area contributed by atoms with Crippen LogP contribution in [0.1, 0.15) is 232 Å². The summed E-state index contributed by atoms with van der Waals surface area (Å²) < 4.78 is 0. The molecule has 0 aromatic heterocycles. The largest absolute Gasteiger partial charge is 0.394 e. The summed E-state index contributed by atoms with van der Waals surface area (Å²) in [5.74, 6) is -0.117. The lowest BCUT2D eigenvalue weighted by molar-refractivity contribution is -0.122. The molecule has 0 aliphatic heterocycles. The first kappa shape index (κ1) is 43.4. The molecule has 0 aromatic carbocycles. The molecule has 0 aliphatic carbocycles. The third-order valence-electron chi connectivity index (χ3n) is 9.68. The minimum Gasteiger partial charge on any atom is -0.394 e. The van der Waals surface area contributed by atoms with Crippen LogP contribution >= 0.6 is 0 Å². The van der Waals surface area contributed by atoms with E-state index >= 15 is 0 Å². The quantitative estimate of drug-likeness (QED) is 0.0603. The molecule has 0 spiro atoms. The average molecular weight is 624 g/mol. The van der Waals surface area contributed by atoms with Gasteiger partial charge in [-0.1, -0.05) is 219 Å². The highest BCUT2D eigenvalue weighted by atomic mass is 16.3. The van der Waals surface area contributed by atoms with Crippen LogP contribution in [0.4, 0.5) is 0 Å². The molecule has 264 valence electrons. The Morgan fingerprint density at radius 2 is 0.705 bits per heavy atom. The Hall–Kier alpha value is -0.610. The zero-order valence-corrected chi connectivity index (χ0v) is 30.2. The maximum absolute atomic E-state index is 11.5. The number of hydrogen-bond acceptors (Lipinski definition) is 3. The van der Waals surface area contributed by atoms with E-state index in [-0.39, 0.29) is 12.5 Å². The van der Waals surface area contributed by atoms with Crippen molar-refractivity contribution in [3.63, 3.8) is 0 Å². The van der Waals surface area contributed by atoms with Crippen LogP contribution in [0.15, 0.2) is 0 Å². The number of amides is 1. The molecule has 4 nitrogen and oxygen atoms in total. The number of aliphatic hydroxyl groups is 2. The molecule has 4 heteroatoms. The highest BCUT2D eigenvalue weighted by Crippen LogP contribution is 2.17. The molecule has 44 heavy (non-hydrogen) atoms. The van der Waals surface area contributed by atoms with Gasteiger partial charge in [-0.05, 0) is 6.42 Å². The molecule has 1 amide bonds. The van der Waals surface area contributed by atoms with Crippen LogP contribution < -0.4 is 5.32 Å². The van der Waals surface area contributed by atoms with Crippen LogP contribution in [0, 0.1) is 0 Å². The van der Waals surface area contributed by atoms with Crippen LogP contribution in [0.5, 0.6) is 0 Å². The molecule has 3 N–H and O–H groups in total. The van der Waals surface area contributed by atoms with Crippen molar-refractivity contribution in [2.45, 2.75) is 244 Å². The van der Waals surface area contributed by atoms with E-state index in [1.807, 2.05) is 0 Å². The first-order chi connectivity index (χ1) is 21.7. The second-order valence-corrected chi connectivity index (χ2v) is 14.0. The Morgan fingerprint density at radius 3 is 0.932 bits per heavy atom. The Morgan fingerprint density at radius 1 is 0.455 bits per heavy atom. The molecular formula is C40H81NO3. The summed E-state index contributed by atoms with van der Waals surface area (Å²) >= 11 is 0. The van der Waals surface area contributed by atoms with Gasteiger partial charge in [0.2, 0.25) is 5.91 Å². The average Bonchev–Trinajstić information content (AvgIpc) is 3.03. The van der Waals surface area contributed by atoms with Crippen LogP contribution in [-0.4, -0.2) is 34.9 Å². The number of aliphatic hydroxyl groups excluding tert-OH is 2. The van der Waals surface area contributed by atoms with Gasteiger partial charge >= 0.3 is 0 Å². The molecule has 2 atom stereocenters. The predicted molar refractivity (Wildman–Crippen MR) is 193 cm³/mol. The van der Waals surface area contributed by atoms with Crippen LogP contribution in [-0.2, 0) is 4.79 Å². The van der Waals surface area contributed by atoms with Crippen molar-refractivity contribution >= 4 is 5.91 Å². The molecule has 0 aliphatic rings. The van der Waals surface area contributed by atoms with E-state index in [0.29, 0.717) is 12.8 Å². The van der Waals surface area contributed by atoms with E-state index in [1.165, 1.54) is 193 Å². The van der Waals surface area contributed by atoms with Gasteiger partial charge in [0.05, 0.1) is 18.8 Å². The van der Waals surface area contributed by atoms with Crippen molar-refractivity contribution in [1.29, 1.82) is 0 Å². The molecule has 0 bridgehead atoms. The van der Waals surface area contributed by atoms with Gasteiger partial charge in [-0.25, -0.2) is 0 Å². The van der Waals surface area contributed by atoms with Crippen molar-refractivity contribution in [3.8, 4) is 0 Å². The summed E-state index contributed by atoms with van der Waals surface area (Å²) in [6, 6.07) is -0.527. The topological polar surface area (TPSA) is 69.6 Å². The summed E-state index contributed by atoms with van der Waals surface area (Å²) in [6.45, 7) is 3.88. The van der Waals surface area contributed by atoms with Crippen LogP contribution in [0.3, 0.4) is 0 Å². The van der Waals surface area contributed by atoms with Crippen molar-refractivity contribution in [1.82, 2.24) is 5.32 Å². The molecule has 0 fully saturated rings. The van der Waals surface area contributed by atoms with Gasteiger partial charge in [0, 0.05) is 6.42 Å². The SMILES string of the molecule is CCCCCCCCCCCCCCCCCCCCCCCCCCCCCCCCCCC(O)C(CO)NC(=O)CC. The maximum atomic E-state index is 11.5. The first-order valence-electron chi connectivity index (χ1n) is 20.2. The summed E-state index contributed by atoms with van der Waals surface area (Å²) in [5, 5.41) is 22.3. The van der Waals surface area contributed by atoms with Gasteiger partial charge < -0.3 is 15.5 Å². The molecule has 0 aromatic rings. The molecule has 0 radical (unpaired) electrons. The van der Waals surface area contributed by atoms with Gasteiger partial charge in [0.1, 0.15) is 0 Å². The smallest absolute Gasteiger partial charge is 0.220 e. The Bertz CT molecular complexity index is 555. The second kappa shape index (κ2) is 36.9. The maximum Gasteiger partial charge on any atom is 0.220 e. The number of rotatable bonds is 37. The molecular weight excluding hydrogens is 542 g/mol. The zero-order chi connectivity index (χ0) is 32.2. The summed E-state index contributed by atoms with van der Waals surface area (Å²) in [6.07, 6.45) is 45.4. The second-order valence-electron chi connectivity index (χ2n) is 14.0.